The SMILES string of the molecule is CN(CC(=O)O)c1ccc(N)cc1C(F)F. The number of benzene rings is 1. The van der Waals surface area contributed by atoms with Crippen LogP contribution >= 0.6 is 0 Å². The molecular formula is C10H12F2N2O2. The lowest BCUT2D eigenvalue weighted by Gasteiger charge is -2.20. The minimum Gasteiger partial charge on any atom is -0.480 e. The van der Waals surface area contributed by atoms with Crippen molar-refractivity contribution >= 4 is 17.3 Å². The van der Waals surface area contributed by atoms with E-state index in [4.69, 9.17) is 10.8 Å². The van der Waals surface area contributed by atoms with Crippen LogP contribution in [0.1, 0.15) is 12.0 Å². The second kappa shape index (κ2) is 4.78. The van der Waals surface area contributed by atoms with Crippen LogP contribution in [-0.4, -0.2) is 24.7 Å². The molecule has 0 saturated carbocycles. The van der Waals surface area contributed by atoms with Crippen LogP contribution in [-0.2, 0) is 4.79 Å². The molecule has 0 amide bonds. The Labute approximate surface area is 91.3 Å². The summed E-state index contributed by atoms with van der Waals surface area (Å²) >= 11 is 0. The highest BCUT2D eigenvalue weighted by Crippen LogP contribution is 2.30. The molecule has 4 nitrogen and oxygen atoms in total. The summed E-state index contributed by atoms with van der Waals surface area (Å²) in [7, 11) is 1.44. The van der Waals surface area contributed by atoms with Crippen LogP contribution in [0.5, 0.6) is 0 Å². The molecule has 0 aliphatic carbocycles. The van der Waals surface area contributed by atoms with Crippen LogP contribution in [0.2, 0.25) is 0 Å². The maximum atomic E-state index is 12.7. The fourth-order valence-corrected chi connectivity index (χ4v) is 1.38. The second-order valence-corrected chi connectivity index (χ2v) is 3.37. The Balaban J connectivity index is 3.07. The molecule has 0 bridgehead atoms. The molecule has 0 unspecified atom stereocenters. The third-order valence-electron chi connectivity index (χ3n) is 2.07. The van der Waals surface area contributed by atoms with Gasteiger partial charge in [0.2, 0.25) is 0 Å². The number of likely N-dealkylation sites (N-methyl/N-ethyl adjacent to an activating group) is 1. The Hall–Kier alpha value is -1.85. The van der Waals surface area contributed by atoms with E-state index in [-0.39, 0.29) is 23.5 Å². The average molecular weight is 230 g/mol. The zero-order chi connectivity index (χ0) is 12.3. The minimum atomic E-state index is -2.69. The zero-order valence-electron chi connectivity index (χ0n) is 8.65. The molecule has 3 N–H and O–H groups in total. The van der Waals surface area contributed by atoms with Crippen molar-refractivity contribution < 1.29 is 18.7 Å². The molecule has 0 aliphatic rings. The number of rotatable bonds is 4. The number of nitrogen functional groups attached to an aromatic ring is 1. The van der Waals surface area contributed by atoms with Crippen LogP contribution < -0.4 is 10.6 Å². The van der Waals surface area contributed by atoms with Gasteiger partial charge in [-0.3, -0.25) is 4.79 Å². The smallest absolute Gasteiger partial charge is 0.323 e. The monoisotopic (exact) mass is 230 g/mol. The lowest BCUT2D eigenvalue weighted by Crippen LogP contribution is -2.26. The Morgan fingerprint density at radius 2 is 2.19 bits per heavy atom. The molecule has 16 heavy (non-hydrogen) atoms. The molecule has 0 saturated heterocycles. The Morgan fingerprint density at radius 3 is 2.69 bits per heavy atom. The first-order valence-electron chi connectivity index (χ1n) is 4.52. The van der Waals surface area contributed by atoms with E-state index in [2.05, 4.69) is 0 Å². The summed E-state index contributed by atoms with van der Waals surface area (Å²) in [5.41, 5.74) is 5.54. The lowest BCUT2D eigenvalue weighted by atomic mass is 10.1. The summed E-state index contributed by atoms with van der Waals surface area (Å²) < 4.78 is 25.4. The van der Waals surface area contributed by atoms with Gasteiger partial charge in [0.05, 0.1) is 0 Å². The quantitative estimate of drug-likeness (QED) is 0.773. The van der Waals surface area contributed by atoms with E-state index in [1.54, 1.807) is 0 Å². The number of hydrogen-bond acceptors (Lipinski definition) is 3. The van der Waals surface area contributed by atoms with Crippen molar-refractivity contribution in [1.82, 2.24) is 0 Å². The summed E-state index contributed by atoms with van der Waals surface area (Å²) in [6.45, 7) is -0.344. The van der Waals surface area contributed by atoms with E-state index < -0.39 is 12.4 Å². The van der Waals surface area contributed by atoms with Gasteiger partial charge in [-0.05, 0) is 18.2 Å². The molecule has 0 radical (unpaired) electrons. The van der Waals surface area contributed by atoms with E-state index in [1.807, 2.05) is 0 Å². The van der Waals surface area contributed by atoms with Gasteiger partial charge in [0, 0.05) is 24.0 Å². The summed E-state index contributed by atoms with van der Waals surface area (Å²) in [5, 5.41) is 8.58. The molecule has 1 aromatic rings. The molecule has 0 aliphatic heterocycles. The second-order valence-electron chi connectivity index (χ2n) is 3.37. The summed E-state index contributed by atoms with van der Waals surface area (Å²) in [4.78, 5) is 11.7. The topological polar surface area (TPSA) is 66.6 Å². The number of halogens is 2. The van der Waals surface area contributed by atoms with Crippen molar-refractivity contribution in [1.29, 1.82) is 0 Å². The van der Waals surface area contributed by atoms with Gasteiger partial charge in [-0.25, -0.2) is 8.78 Å². The van der Waals surface area contributed by atoms with Crippen LogP contribution in [0.25, 0.3) is 0 Å². The molecular weight excluding hydrogens is 218 g/mol. The average Bonchev–Trinajstić information content (AvgIpc) is 2.16. The fraction of sp³-hybridized carbons (Fsp3) is 0.300. The number of alkyl halides is 2. The van der Waals surface area contributed by atoms with Crippen molar-refractivity contribution in [2.75, 3.05) is 24.2 Å². The molecule has 0 spiro atoms. The number of carboxylic acids is 1. The van der Waals surface area contributed by atoms with Gasteiger partial charge in [0.15, 0.2) is 0 Å². The first kappa shape index (κ1) is 12.2. The van der Waals surface area contributed by atoms with E-state index in [9.17, 15) is 13.6 Å². The maximum absolute atomic E-state index is 12.7. The number of carbonyl (C=O) groups is 1. The number of nitrogens with two attached hydrogens (primary N) is 1. The molecule has 0 aromatic heterocycles. The number of anilines is 2. The summed E-state index contributed by atoms with van der Waals surface area (Å²) in [6, 6.07) is 4.00. The molecule has 1 aromatic carbocycles. The van der Waals surface area contributed by atoms with Crippen LogP contribution in [0.4, 0.5) is 20.2 Å². The van der Waals surface area contributed by atoms with Gasteiger partial charge < -0.3 is 15.7 Å². The van der Waals surface area contributed by atoms with Gasteiger partial charge in [-0.2, -0.15) is 0 Å². The van der Waals surface area contributed by atoms with E-state index >= 15 is 0 Å². The number of hydrogen-bond donors (Lipinski definition) is 2. The Bertz CT molecular complexity index is 396. The van der Waals surface area contributed by atoms with Gasteiger partial charge in [-0.15, -0.1) is 0 Å². The molecule has 0 heterocycles. The summed E-state index contributed by atoms with van der Waals surface area (Å²) in [6.07, 6.45) is -2.69. The zero-order valence-corrected chi connectivity index (χ0v) is 8.65. The predicted molar refractivity (Wildman–Crippen MR) is 56.7 cm³/mol. The van der Waals surface area contributed by atoms with Crippen molar-refractivity contribution in [3.63, 3.8) is 0 Å². The number of carboxylic acid groups (broad SMARTS) is 1. The molecule has 88 valence electrons. The van der Waals surface area contributed by atoms with Crippen molar-refractivity contribution in [3.8, 4) is 0 Å². The third kappa shape index (κ3) is 2.82. The highest BCUT2D eigenvalue weighted by molar-refractivity contribution is 5.74. The normalized spacial score (nSPS) is 10.5. The Morgan fingerprint density at radius 1 is 1.56 bits per heavy atom. The molecule has 6 heteroatoms. The van der Waals surface area contributed by atoms with Crippen molar-refractivity contribution in [3.05, 3.63) is 23.8 Å². The first-order chi connectivity index (χ1) is 7.41. The largest absolute Gasteiger partial charge is 0.480 e. The fourth-order valence-electron chi connectivity index (χ4n) is 1.38. The van der Waals surface area contributed by atoms with Crippen LogP contribution in [0.15, 0.2) is 18.2 Å². The van der Waals surface area contributed by atoms with E-state index in [0.29, 0.717) is 0 Å². The standard InChI is InChI=1S/C10H12F2N2O2/c1-14(5-9(15)16)8-3-2-6(13)4-7(8)10(11)12/h2-4,10H,5,13H2,1H3,(H,15,16). The van der Waals surface area contributed by atoms with Gasteiger partial charge in [0.1, 0.15) is 6.54 Å². The van der Waals surface area contributed by atoms with Gasteiger partial charge in [-0.1, -0.05) is 0 Å². The Kier molecular flexibility index (Phi) is 3.65. The highest BCUT2D eigenvalue weighted by atomic mass is 19.3. The lowest BCUT2D eigenvalue weighted by molar-refractivity contribution is -0.135. The number of nitrogens with zero attached hydrogens (tertiary/aromatic N) is 1. The van der Waals surface area contributed by atoms with Gasteiger partial charge >= 0.3 is 5.97 Å². The van der Waals surface area contributed by atoms with Crippen molar-refractivity contribution in [2.24, 2.45) is 0 Å². The highest BCUT2D eigenvalue weighted by Gasteiger charge is 2.17. The predicted octanol–water partition coefficient (Wildman–Crippen LogP) is 1.73. The summed E-state index contributed by atoms with van der Waals surface area (Å²) in [5.74, 6) is -1.08. The first-order valence-corrected chi connectivity index (χ1v) is 4.52. The molecule has 0 fully saturated rings. The van der Waals surface area contributed by atoms with Crippen LogP contribution in [0, 0.1) is 0 Å². The third-order valence-corrected chi connectivity index (χ3v) is 2.07. The molecule has 1 rings (SSSR count). The van der Waals surface area contributed by atoms with Crippen molar-refractivity contribution in [2.45, 2.75) is 6.43 Å². The maximum Gasteiger partial charge on any atom is 0.323 e. The van der Waals surface area contributed by atoms with Gasteiger partial charge in [0.25, 0.3) is 6.43 Å². The number of aliphatic carboxylic acids is 1. The molecule has 0 atom stereocenters. The van der Waals surface area contributed by atoms with E-state index in [1.165, 1.54) is 24.1 Å². The van der Waals surface area contributed by atoms with Crippen LogP contribution in [0.3, 0.4) is 0 Å². The minimum absolute atomic E-state index is 0.173. The van der Waals surface area contributed by atoms with E-state index in [0.717, 1.165) is 6.07 Å².